The average Bonchev–Trinajstić information content (AvgIpc) is 3.21. The van der Waals surface area contributed by atoms with Crippen molar-refractivity contribution in [2.45, 2.75) is 31.8 Å². The van der Waals surface area contributed by atoms with Crippen molar-refractivity contribution in [1.82, 2.24) is 20.7 Å². The first kappa shape index (κ1) is 20.9. The van der Waals surface area contributed by atoms with Crippen LogP contribution in [0, 0.1) is 6.92 Å². The molecule has 7 heteroatoms. The number of hydrogen-bond acceptors (Lipinski definition) is 5. The highest BCUT2D eigenvalue weighted by molar-refractivity contribution is 5.84. The second-order valence-corrected chi connectivity index (χ2v) is 7.96. The van der Waals surface area contributed by atoms with E-state index in [1.807, 2.05) is 66.7 Å². The molecule has 0 aromatic heterocycles. The van der Waals surface area contributed by atoms with Gasteiger partial charge in [0, 0.05) is 25.5 Å². The van der Waals surface area contributed by atoms with Gasteiger partial charge in [0.05, 0.1) is 19.6 Å². The fourth-order valence-electron chi connectivity index (χ4n) is 4.06. The van der Waals surface area contributed by atoms with Gasteiger partial charge in [-0.1, -0.05) is 42.0 Å². The van der Waals surface area contributed by atoms with E-state index in [4.69, 9.17) is 4.74 Å². The largest absolute Gasteiger partial charge is 0.497 e. The summed E-state index contributed by atoms with van der Waals surface area (Å²) in [5.41, 5.74) is 6.63. The van der Waals surface area contributed by atoms with Gasteiger partial charge in [-0.25, -0.2) is 5.43 Å². The Hall–Kier alpha value is -3.32. The van der Waals surface area contributed by atoms with Crippen molar-refractivity contribution in [2.75, 3.05) is 20.2 Å². The zero-order valence-electron chi connectivity index (χ0n) is 17.9. The van der Waals surface area contributed by atoms with Crippen LogP contribution >= 0.6 is 0 Å². The monoisotopic (exact) mass is 420 g/mol. The fourth-order valence-corrected chi connectivity index (χ4v) is 4.06. The summed E-state index contributed by atoms with van der Waals surface area (Å²) in [5, 5.41) is 4.79. The number of fused-ring (bicyclic) bond motifs is 1. The van der Waals surface area contributed by atoms with Crippen LogP contribution in [-0.2, 0) is 16.0 Å². The Morgan fingerprint density at radius 2 is 2.00 bits per heavy atom. The average molecular weight is 421 g/mol. The van der Waals surface area contributed by atoms with Crippen LogP contribution in [0.25, 0.3) is 0 Å². The number of ether oxygens (including phenoxy) is 1. The molecule has 2 aliphatic rings. The summed E-state index contributed by atoms with van der Waals surface area (Å²) < 4.78 is 5.22. The van der Waals surface area contributed by atoms with Crippen LogP contribution in [0.3, 0.4) is 0 Å². The molecule has 2 aromatic carbocycles. The third-order valence-corrected chi connectivity index (χ3v) is 5.72. The van der Waals surface area contributed by atoms with Gasteiger partial charge in [0.1, 0.15) is 11.8 Å². The van der Waals surface area contributed by atoms with Crippen molar-refractivity contribution in [2.24, 2.45) is 0 Å². The Morgan fingerprint density at radius 1 is 1.19 bits per heavy atom. The van der Waals surface area contributed by atoms with Gasteiger partial charge in [0.25, 0.3) is 5.91 Å². The van der Waals surface area contributed by atoms with Crippen molar-refractivity contribution in [3.05, 3.63) is 77.6 Å². The second kappa shape index (κ2) is 9.22. The number of carbonyl (C=O) groups is 2. The van der Waals surface area contributed by atoms with Crippen LogP contribution in [0.4, 0.5) is 0 Å². The van der Waals surface area contributed by atoms with Crippen molar-refractivity contribution in [3.63, 3.8) is 0 Å². The van der Waals surface area contributed by atoms with Gasteiger partial charge in [0.15, 0.2) is 0 Å². The molecule has 2 heterocycles. The first-order valence-electron chi connectivity index (χ1n) is 10.5. The van der Waals surface area contributed by atoms with Crippen LogP contribution in [-0.4, -0.2) is 48.0 Å². The van der Waals surface area contributed by atoms with Gasteiger partial charge < -0.3 is 20.0 Å². The van der Waals surface area contributed by atoms with Crippen LogP contribution in [0.2, 0.25) is 0 Å². The SMILES string of the molecule is COc1ccc(C2CC3C(=O)N(CCNC(=O)Cc4cccc(C)c4)C=CN3N2)cc1. The molecule has 0 radical (unpaired) electrons. The summed E-state index contributed by atoms with van der Waals surface area (Å²) in [6.45, 7) is 2.88. The van der Waals surface area contributed by atoms with Gasteiger partial charge in [-0.3, -0.25) is 9.59 Å². The van der Waals surface area contributed by atoms with E-state index in [9.17, 15) is 9.59 Å². The number of hydrazine groups is 1. The van der Waals surface area contributed by atoms with E-state index >= 15 is 0 Å². The van der Waals surface area contributed by atoms with Gasteiger partial charge in [-0.2, -0.15) is 0 Å². The lowest BCUT2D eigenvalue weighted by molar-refractivity contribution is -0.134. The second-order valence-electron chi connectivity index (χ2n) is 7.96. The summed E-state index contributed by atoms with van der Waals surface area (Å²) in [7, 11) is 1.65. The van der Waals surface area contributed by atoms with Crippen LogP contribution in [0.1, 0.15) is 29.2 Å². The minimum absolute atomic E-state index is 0.0391. The number of benzene rings is 2. The Morgan fingerprint density at radius 3 is 2.74 bits per heavy atom. The highest BCUT2D eigenvalue weighted by atomic mass is 16.5. The molecule has 0 aliphatic carbocycles. The lowest BCUT2D eigenvalue weighted by atomic mass is 10.0. The van der Waals surface area contributed by atoms with Gasteiger partial charge in [0.2, 0.25) is 5.91 Å². The molecule has 0 saturated carbocycles. The summed E-state index contributed by atoms with van der Waals surface area (Å²) in [5.74, 6) is 0.813. The number of nitrogens with zero attached hydrogens (tertiary/aromatic N) is 2. The smallest absolute Gasteiger partial charge is 0.250 e. The molecule has 1 fully saturated rings. The number of amides is 2. The van der Waals surface area contributed by atoms with E-state index in [1.54, 1.807) is 18.2 Å². The predicted octanol–water partition coefficient (Wildman–Crippen LogP) is 2.30. The maximum absolute atomic E-state index is 12.9. The number of methoxy groups -OCH3 is 1. The fraction of sp³-hybridized carbons (Fsp3) is 0.333. The molecule has 7 nitrogen and oxygen atoms in total. The molecule has 2 unspecified atom stereocenters. The Labute approximate surface area is 182 Å². The molecule has 2 aliphatic heterocycles. The molecule has 2 atom stereocenters. The van der Waals surface area contributed by atoms with Crippen LogP contribution < -0.4 is 15.5 Å². The maximum Gasteiger partial charge on any atom is 0.250 e. The molecular weight excluding hydrogens is 392 g/mol. The van der Waals surface area contributed by atoms with Gasteiger partial charge in [-0.05, 0) is 36.6 Å². The first-order valence-corrected chi connectivity index (χ1v) is 10.5. The molecule has 2 N–H and O–H groups in total. The highest BCUT2D eigenvalue weighted by Gasteiger charge is 2.39. The lowest BCUT2D eigenvalue weighted by Crippen LogP contribution is -2.49. The molecule has 2 amide bonds. The zero-order chi connectivity index (χ0) is 21.8. The van der Waals surface area contributed by atoms with Crippen molar-refractivity contribution < 1.29 is 14.3 Å². The van der Waals surface area contributed by atoms with E-state index in [2.05, 4.69) is 10.7 Å². The first-order chi connectivity index (χ1) is 15.0. The third-order valence-electron chi connectivity index (χ3n) is 5.72. The predicted molar refractivity (Wildman–Crippen MR) is 118 cm³/mol. The van der Waals surface area contributed by atoms with Gasteiger partial charge >= 0.3 is 0 Å². The molecule has 31 heavy (non-hydrogen) atoms. The molecule has 2 aromatic rings. The number of nitrogens with one attached hydrogen (secondary N) is 2. The molecule has 0 bridgehead atoms. The van der Waals surface area contributed by atoms with E-state index in [0.717, 1.165) is 22.4 Å². The summed E-state index contributed by atoms with van der Waals surface area (Å²) in [4.78, 5) is 26.9. The Bertz CT molecular complexity index is 973. The summed E-state index contributed by atoms with van der Waals surface area (Å²) in [6, 6.07) is 15.6. The molecule has 162 valence electrons. The topological polar surface area (TPSA) is 73.9 Å². The number of carbonyl (C=O) groups excluding carboxylic acids is 2. The van der Waals surface area contributed by atoms with Crippen molar-refractivity contribution >= 4 is 11.8 Å². The van der Waals surface area contributed by atoms with Crippen molar-refractivity contribution in [1.29, 1.82) is 0 Å². The molecule has 0 spiro atoms. The normalized spacial score (nSPS) is 20.0. The number of hydrogen-bond donors (Lipinski definition) is 2. The minimum atomic E-state index is -0.250. The summed E-state index contributed by atoms with van der Waals surface area (Å²) >= 11 is 0. The van der Waals surface area contributed by atoms with E-state index in [-0.39, 0.29) is 23.9 Å². The van der Waals surface area contributed by atoms with Crippen molar-refractivity contribution in [3.8, 4) is 5.75 Å². The highest BCUT2D eigenvalue weighted by Crippen LogP contribution is 2.31. The third kappa shape index (κ3) is 4.88. The Kier molecular flexibility index (Phi) is 6.23. The molecule has 1 saturated heterocycles. The van der Waals surface area contributed by atoms with Crippen LogP contribution in [0.15, 0.2) is 60.9 Å². The van der Waals surface area contributed by atoms with E-state index < -0.39 is 0 Å². The van der Waals surface area contributed by atoms with Crippen LogP contribution in [0.5, 0.6) is 5.75 Å². The summed E-state index contributed by atoms with van der Waals surface area (Å²) in [6.07, 6.45) is 4.69. The maximum atomic E-state index is 12.9. The lowest BCUT2D eigenvalue weighted by Gasteiger charge is -2.31. The van der Waals surface area contributed by atoms with E-state index in [1.165, 1.54) is 0 Å². The van der Waals surface area contributed by atoms with Gasteiger partial charge in [-0.15, -0.1) is 0 Å². The standard InChI is InChI=1S/C24H28N4O3/c1-17-4-3-5-18(14-17)15-23(29)25-10-11-27-12-13-28-22(24(27)30)16-21(26-28)19-6-8-20(31-2)9-7-19/h3-9,12-14,21-22,26H,10-11,15-16H2,1-2H3,(H,25,29). The molecular formula is C24H28N4O3. The number of rotatable bonds is 7. The minimum Gasteiger partial charge on any atom is -0.497 e. The molecule has 4 rings (SSSR count). The zero-order valence-corrected chi connectivity index (χ0v) is 17.9. The van der Waals surface area contributed by atoms with E-state index in [0.29, 0.717) is 25.9 Å². The quantitative estimate of drug-likeness (QED) is 0.719. The number of aryl methyl sites for hydroxylation is 1. The Balaban J connectivity index is 1.27.